The lowest BCUT2D eigenvalue weighted by atomic mass is 9.99. The van der Waals surface area contributed by atoms with Crippen LogP contribution in [-0.4, -0.2) is 19.6 Å². The van der Waals surface area contributed by atoms with Crippen LogP contribution in [0.5, 0.6) is 5.75 Å². The number of hydrogen-bond donors (Lipinski definition) is 1. The number of ether oxygens (including phenoxy) is 1. The van der Waals surface area contributed by atoms with E-state index in [1.54, 1.807) is 31.6 Å². The van der Waals surface area contributed by atoms with Crippen LogP contribution < -0.4 is 10.1 Å². The van der Waals surface area contributed by atoms with Crippen LogP contribution in [0.25, 0.3) is 27.7 Å². The third-order valence-corrected chi connectivity index (χ3v) is 5.12. The monoisotopic (exact) mass is 431 g/mol. The fraction of sp³-hybridized carbons (Fsp3) is 0.261. The molecule has 0 atom stereocenters. The van der Waals surface area contributed by atoms with E-state index in [0.717, 1.165) is 27.6 Å². The van der Waals surface area contributed by atoms with Gasteiger partial charge in [0.05, 0.1) is 18.4 Å². The van der Waals surface area contributed by atoms with Crippen molar-refractivity contribution in [1.29, 1.82) is 0 Å². The van der Waals surface area contributed by atoms with Crippen LogP contribution in [0.1, 0.15) is 26.3 Å². The highest BCUT2D eigenvalue weighted by atomic mass is 35.5. The number of halogens is 2. The highest BCUT2D eigenvalue weighted by molar-refractivity contribution is 6.36. The zero-order valence-corrected chi connectivity index (χ0v) is 18.3. The van der Waals surface area contributed by atoms with Crippen molar-refractivity contribution in [2.24, 2.45) is 5.92 Å². The molecule has 29 heavy (non-hydrogen) atoms. The Morgan fingerprint density at radius 2 is 1.97 bits per heavy atom. The Kier molecular flexibility index (Phi) is 6.56. The highest BCUT2D eigenvalue weighted by Gasteiger charge is 2.16. The van der Waals surface area contributed by atoms with E-state index in [1.807, 2.05) is 25.1 Å². The first-order chi connectivity index (χ1) is 13.8. The number of rotatable bonds is 6. The second kappa shape index (κ2) is 8.93. The number of benzene rings is 2. The number of fused-ring (bicyclic) bond motifs is 1. The number of hydrogen-bond acceptors (Lipinski definition) is 3. The van der Waals surface area contributed by atoms with Gasteiger partial charge in [0, 0.05) is 45.8 Å². The molecule has 0 aliphatic heterocycles. The molecular formula is C23H23Cl2NO3. The lowest BCUT2D eigenvalue weighted by Gasteiger charge is -2.11. The van der Waals surface area contributed by atoms with E-state index in [1.165, 1.54) is 0 Å². The van der Waals surface area contributed by atoms with Gasteiger partial charge in [-0.1, -0.05) is 43.1 Å². The zero-order chi connectivity index (χ0) is 21.1. The summed E-state index contributed by atoms with van der Waals surface area (Å²) in [6.45, 7) is 6.61. The molecule has 0 saturated carbocycles. The maximum atomic E-state index is 12.2. The standard InChI is InChI=1S/C23H23Cl2NO3/c1-13(2)11-26-23(27)7-14(3)17-9-18-19(12-29-22(18)10-21(17)28-4)16-6-5-15(24)8-20(16)25/h5-10,12-13H,11H2,1-4H3,(H,26,27)/b14-7+. The second-order valence-electron chi connectivity index (χ2n) is 7.29. The van der Waals surface area contributed by atoms with Gasteiger partial charge in [0.1, 0.15) is 11.3 Å². The van der Waals surface area contributed by atoms with Gasteiger partial charge in [-0.05, 0) is 36.6 Å². The average molecular weight is 432 g/mol. The first kappa shape index (κ1) is 21.3. The number of methoxy groups -OCH3 is 1. The molecule has 0 saturated heterocycles. The number of furan rings is 1. The molecule has 152 valence electrons. The molecule has 3 aromatic rings. The van der Waals surface area contributed by atoms with Crippen molar-refractivity contribution < 1.29 is 13.9 Å². The summed E-state index contributed by atoms with van der Waals surface area (Å²) in [6.07, 6.45) is 3.25. The van der Waals surface area contributed by atoms with E-state index in [4.69, 9.17) is 32.4 Å². The minimum atomic E-state index is -0.133. The Morgan fingerprint density at radius 3 is 2.62 bits per heavy atom. The minimum absolute atomic E-state index is 0.133. The van der Waals surface area contributed by atoms with Gasteiger partial charge in [-0.25, -0.2) is 0 Å². The van der Waals surface area contributed by atoms with Crippen molar-refractivity contribution >= 4 is 45.7 Å². The van der Waals surface area contributed by atoms with Crippen LogP contribution in [0.2, 0.25) is 10.0 Å². The molecule has 4 nitrogen and oxygen atoms in total. The lowest BCUT2D eigenvalue weighted by Crippen LogP contribution is -2.25. The van der Waals surface area contributed by atoms with Crippen molar-refractivity contribution in [2.45, 2.75) is 20.8 Å². The van der Waals surface area contributed by atoms with Crippen LogP contribution in [0, 0.1) is 5.92 Å². The smallest absolute Gasteiger partial charge is 0.244 e. The van der Waals surface area contributed by atoms with E-state index in [0.29, 0.717) is 33.8 Å². The summed E-state index contributed by atoms with van der Waals surface area (Å²) in [6, 6.07) is 9.13. The molecule has 0 unspecified atom stereocenters. The number of allylic oxidation sites excluding steroid dienone is 1. The Balaban J connectivity index is 2.06. The van der Waals surface area contributed by atoms with Gasteiger partial charge in [-0.2, -0.15) is 0 Å². The molecule has 0 radical (unpaired) electrons. The van der Waals surface area contributed by atoms with E-state index in [-0.39, 0.29) is 5.91 Å². The summed E-state index contributed by atoms with van der Waals surface area (Å²) >= 11 is 12.4. The van der Waals surface area contributed by atoms with Gasteiger partial charge in [-0.15, -0.1) is 0 Å². The summed E-state index contributed by atoms with van der Waals surface area (Å²) in [4.78, 5) is 12.2. The average Bonchev–Trinajstić information content (AvgIpc) is 3.08. The number of carbonyl (C=O) groups is 1. The third-order valence-electron chi connectivity index (χ3n) is 4.57. The van der Waals surface area contributed by atoms with Gasteiger partial charge >= 0.3 is 0 Å². The Morgan fingerprint density at radius 1 is 1.21 bits per heavy atom. The molecule has 0 bridgehead atoms. The first-order valence-electron chi connectivity index (χ1n) is 9.31. The minimum Gasteiger partial charge on any atom is -0.496 e. The summed E-state index contributed by atoms with van der Waals surface area (Å²) in [5.41, 5.74) is 3.94. The van der Waals surface area contributed by atoms with E-state index in [2.05, 4.69) is 19.2 Å². The first-order valence-corrected chi connectivity index (χ1v) is 10.1. The molecule has 1 heterocycles. The molecule has 0 aliphatic rings. The molecule has 0 spiro atoms. The van der Waals surface area contributed by atoms with Gasteiger partial charge in [0.15, 0.2) is 0 Å². The SMILES string of the molecule is COc1cc2occ(-c3ccc(Cl)cc3Cl)c2cc1/C(C)=C/C(=O)NCC(C)C. The third kappa shape index (κ3) is 4.77. The predicted octanol–water partition coefficient (Wildman–Crippen LogP) is 6.59. The van der Waals surface area contributed by atoms with Crippen molar-refractivity contribution in [3.63, 3.8) is 0 Å². The topological polar surface area (TPSA) is 51.5 Å². The van der Waals surface area contributed by atoms with Crippen LogP contribution in [0.15, 0.2) is 47.1 Å². The summed E-state index contributed by atoms with van der Waals surface area (Å²) in [5.74, 6) is 0.883. The maximum Gasteiger partial charge on any atom is 0.244 e. The van der Waals surface area contributed by atoms with Crippen molar-refractivity contribution in [2.75, 3.05) is 13.7 Å². The van der Waals surface area contributed by atoms with E-state index >= 15 is 0 Å². The van der Waals surface area contributed by atoms with Crippen LogP contribution in [0.3, 0.4) is 0 Å². The summed E-state index contributed by atoms with van der Waals surface area (Å²) in [7, 11) is 1.59. The number of nitrogens with one attached hydrogen (secondary N) is 1. The molecule has 3 rings (SSSR count). The molecule has 1 N–H and O–H groups in total. The zero-order valence-electron chi connectivity index (χ0n) is 16.8. The van der Waals surface area contributed by atoms with Gasteiger partial charge in [0.2, 0.25) is 5.91 Å². The van der Waals surface area contributed by atoms with Crippen molar-refractivity contribution in [3.8, 4) is 16.9 Å². The number of carbonyl (C=O) groups excluding carboxylic acids is 1. The Labute approximate surface area is 180 Å². The van der Waals surface area contributed by atoms with Gasteiger partial charge in [0.25, 0.3) is 0 Å². The second-order valence-corrected chi connectivity index (χ2v) is 8.13. The number of amides is 1. The Bertz CT molecular complexity index is 1080. The van der Waals surface area contributed by atoms with Crippen molar-refractivity contribution in [1.82, 2.24) is 5.32 Å². The highest BCUT2D eigenvalue weighted by Crippen LogP contribution is 2.40. The van der Waals surface area contributed by atoms with Gasteiger partial charge in [-0.3, -0.25) is 4.79 Å². The molecule has 1 aromatic heterocycles. The van der Waals surface area contributed by atoms with Crippen LogP contribution in [-0.2, 0) is 4.79 Å². The van der Waals surface area contributed by atoms with Crippen LogP contribution in [0.4, 0.5) is 0 Å². The van der Waals surface area contributed by atoms with Crippen molar-refractivity contribution in [3.05, 3.63) is 58.3 Å². The quantitative estimate of drug-likeness (QED) is 0.447. The molecule has 6 heteroatoms. The molecule has 0 aliphatic carbocycles. The summed E-state index contributed by atoms with van der Waals surface area (Å²) < 4.78 is 11.3. The van der Waals surface area contributed by atoms with E-state index < -0.39 is 0 Å². The lowest BCUT2D eigenvalue weighted by molar-refractivity contribution is -0.116. The predicted molar refractivity (Wildman–Crippen MR) is 120 cm³/mol. The largest absolute Gasteiger partial charge is 0.496 e. The normalized spacial score (nSPS) is 11.9. The van der Waals surface area contributed by atoms with Gasteiger partial charge < -0.3 is 14.5 Å². The molecular weight excluding hydrogens is 409 g/mol. The Hall–Kier alpha value is -2.43. The maximum absolute atomic E-state index is 12.2. The fourth-order valence-corrected chi connectivity index (χ4v) is 3.59. The summed E-state index contributed by atoms with van der Waals surface area (Å²) in [5, 5.41) is 4.88. The van der Waals surface area contributed by atoms with E-state index in [9.17, 15) is 4.79 Å². The molecule has 2 aromatic carbocycles. The van der Waals surface area contributed by atoms with Crippen LogP contribution >= 0.6 is 23.2 Å². The molecule has 1 amide bonds. The fourth-order valence-electron chi connectivity index (χ4n) is 3.08. The molecule has 0 fully saturated rings.